The van der Waals surface area contributed by atoms with Gasteiger partial charge in [0.2, 0.25) is 0 Å². The Bertz CT molecular complexity index is 1200. The van der Waals surface area contributed by atoms with Crippen molar-refractivity contribution in [1.82, 2.24) is 0 Å². The van der Waals surface area contributed by atoms with Crippen LogP contribution in [0, 0.1) is 56.7 Å². The van der Waals surface area contributed by atoms with E-state index < -0.39 is 51.6 Å². The Labute approximate surface area is 230 Å². The molecule has 0 spiro atoms. The molecule has 0 N–H and O–H groups in total. The zero-order valence-electron chi connectivity index (χ0n) is 24.6. The first-order chi connectivity index (χ1) is 17.8. The van der Waals surface area contributed by atoms with Gasteiger partial charge in [-0.1, -0.05) is 53.2 Å². The summed E-state index contributed by atoms with van der Waals surface area (Å²) in [4.78, 5) is 40.8. The number of ketones is 2. The van der Waals surface area contributed by atoms with Crippen LogP contribution >= 0.6 is 0 Å². The predicted octanol–water partition coefficient (Wildman–Crippen LogP) is 7.27. The van der Waals surface area contributed by atoms with Crippen molar-refractivity contribution >= 4 is 17.5 Å². The number of hydrogen-bond acceptors (Lipinski definition) is 4. The molecule has 0 bridgehead atoms. The summed E-state index contributed by atoms with van der Waals surface area (Å²) in [6.45, 7) is 14.2. The van der Waals surface area contributed by atoms with Crippen LogP contribution < -0.4 is 0 Å². The van der Waals surface area contributed by atoms with Gasteiger partial charge in [0, 0.05) is 11.3 Å². The Balaban J connectivity index is 1.74. The van der Waals surface area contributed by atoms with Gasteiger partial charge in [-0.05, 0) is 91.4 Å². The quantitative estimate of drug-likeness (QED) is 0.255. The maximum absolute atomic E-state index is 14.4. The van der Waals surface area contributed by atoms with Gasteiger partial charge in [-0.25, -0.2) is 0 Å². The van der Waals surface area contributed by atoms with E-state index >= 15 is 0 Å². The van der Waals surface area contributed by atoms with E-state index in [1.807, 2.05) is 0 Å². The highest BCUT2D eigenvalue weighted by molar-refractivity contribution is 6.14. The van der Waals surface area contributed by atoms with Crippen molar-refractivity contribution < 1.29 is 32.3 Å². The number of allylic oxidation sites excluding steroid dienone is 4. The fourth-order valence-corrected chi connectivity index (χ4v) is 10.6. The molecule has 216 valence electrons. The Morgan fingerprint density at radius 1 is 0.974 bits per heavy atom. The molecule has 5 aliphatic rings. The fourth-order valence-electron chi connectivity index (χ4n) is 10.6. The third-order valence-corrected chi connectivity index (χ3v) is 13.1. The van der Waals surface area contributed by atoms with Crippen molar-refractivity contribution in [1.29, 1.82) is 0 Å². The van der Waals surface area contributed by atoms with E-state index in [2.05, 4.69) is 34.6 Å². The third-order valence-electron chi connectivity index (χ3n) is 13.1. The minimum atomic E-state index is -4.95. The summed E-state index contributed by atoms with van der Waals surface area (Å²) < 4.78 is 48.0. The molecule has 4 nitrogen and oxygen atoms in total. The van der Waals surface area contributed by atoms with E-state index in [1.54, 1.807) is 13.0 Å². The average Bonchev–Trinajstić information content (AvgIpc) is 2.84. The summed E-state index contributed by atoms with van der Waals surface area (Å²) in [5, 5.41) is 0. The van der Waals surface area contributed by atoms with E-state index in [0.717, 1.165) is 38.9 Å². The number of fused-ring (bicyclic) bond motifs is 7. The molecule has 3 fully saturated rings. The maximum atomic E-state index is 14.4. The number of rotatable bonds is 1. The fraction of sp³-hybridized carbons (Fsp3) is 0.781. The van der Waals surface area contributed by atoms with Crippen LogP contribution in [0.25, 0.3) is 0 Å². The molecule has 0 aromatic carbocycles. The summed E-state index contributed by atoms with van der Waals surface area (Å²) in [5.41, 5.74) is -4.40. The van der Waals surface area contributed by atoms with Gasteiger partial charge in [0.25, 0.3) is 0 Å². The van der Waals surface area contributed by atoms with Gasteiger partial charge in [-0.3, -0.25) is 14.4 Å². The lowest BCUT2D eigenvalue weighted by Gasteiger charge is -2.69. The minimum Gasteiger partial charge on any atom is -0.468 e. The second-order valence-electron chi connectivity index (χ2n) is 14.7. The van der Waals surface area contributed by atoms with Crippen LogP contribution in [-0.4, -0.2) is 30.8 Å². The molecule has 0 heterocycles. The zero-order chi connectivity index (χ0) is 29.1. The number of carbonyl (C=O) groups is 3. The van der Waals surface area contributed by atoms with E-state index in [4.69, 9.17) is 4.74 Å². The SMILES string of the molecule is COC(=O)[C@@]1(C)C(=O)C(C(F)(F)F)=C[C@]2(C)[C@H]3C(=O)C=C4[C@@H]5[C@@H](C)[C@H](C)CC[C@]5(C)CC[C@@]4(C)[C@]3(C)CC[C@@H]12. The molecule has 0 saturated heterocycles. The van der Waals surface area contributed by atoms with Crippen molar-refractivity contribution in [2.75, 3.05) is 7.11 Å². The molecule has 0 radical (unpaired) electrons. The third kappa shape index (κ3) is 3.40. The first-order valence-electron chi connectivity index (χ1n) is 14.5. The van der Waals surface area contributed by atoms with Gasteiger partial charge >= 0.3 is 12.1 Å². The highest BCUT2D eigenvalue weighted by Gasteiger charge is 2.73. The largest absolute Gasteiger partial charge is 0.468 e. The Morgan fingerprint density at radius 2 is 1.62 bits per heavy atom. The Morgan fingerprint density at radius 3 is 2.21 bits per heavy atom. The average molecular weight is 549 g/mol. The van der Waals surface area contributed by atoms with E-state index in [0.29, 0.717) is 24.7 Å². The zero-order valence-corrected chi connectivity index (χ0v) is 24.6. The molecule has 0 unspecified atom stereocenters. The van der Waals surface area contributed by atoms with Gasteiger partial charge in [-0.15, -0.1) is 0 Å². The Kier molecular flexibility index (Phi) is 6.10. The second kappa shape index (κ2) is 8.31. The number of carbonyl (C=O) groups excluding carboxylic acids is 3. The lowest BCUT2D eigenvalue weighted by atomic mass is 9.33. The molecule has 5 rings (SSSR count). The predicted molar refractivity (Wildman–Crippen MR) is 141 cm³/mol. The molecule has 7 heteroatoms. The standard InChI is InChI=1S/C32H43F3O4/c1-17-9-11-27(3)13-14-29(5)19(23(27)18(17)2)15-21(36)24-28(4)16-20(32(33,34)35)25(37)31(7,26(38)39-8)22(28)10-12-30(24,29)6/h15-18,22-24H,9-14H2,1-8H3/t17-,18+,22-,23+,24-,27-,28+,29-,30-,31-/m1/s1. The topological polar surface area (TPSA) is 60.4 Å². The van der Waals surface area contributed by atoms with Crippen LogP contribution in [0.2, 0.25) is 0 Å². The van der Waals surface area contributed by atoms with Crippen LogP contribution in [-0.2, 0) is 19.1 Å². The summed E-state index contributed by atoms with van der Waals surface area (Å²) in [6, 6.07) is 0. The molecular formula is C32H43F3O4. The number of alkyl halides is 3. The number of esters is 1. The van der Waals surface area contributed by atoms with Crippen molar-refractivity contribution in [3.63, 3.8) is 0 Å². The molecule has 0 aromatic heterocycles. The molecular weight excluding hydrogens is 505 g/mol. The first-order valence-corrected chi connectivity index (χ1v) is 14.5. The molecule has 10 atom stereocenters. The van der Waals surface area contributed by atoms with E-state index in [-0.39, 0.29) is 22.5 Å². The monoisotopic (exact) mass is 548 g/mol. The lowest BCUT2D eigenvalue weighted by Crippen LogP contribution is -2.67. The van der Waals surface area contributed by atoms with E-state index in [1.165, 1.54) is 12.5 Å². The van der Waals surface area contributed by atoms with Crippen LogP contribution in [0.1, 0.15) is 87.0 Å². The molecule has 0 aromatic rings. The normalized spacial score (nSPS) is 49.6. The number of Topliss-reactive ketones (excluding diaryl/α,β-unsaturated/α-hetero) is 1. The summed E-state index contributed by atoms with van der Waals surface area (Å²) in [6.07, 6.45) is 2.95. The first kappa shape index (κ1) is 28.6. The van der Waals surface area contributed by atoms with Crippen molar-refractivity contribution in [2.45, 2.75) is 93.2 Å². The highest BCUT2D eigenvalue weighted by Crippen LogP contribution is 2.74. The lowest BCUT2D eigenvalue weighted by molar-refractivity contribution is -0.188. The molecule has 3 saturated carbocycles. The van der Waals surface area contributed by atoms with Crippen LogP contribution in [0.4, 0.5) is 13.2 Å². The minimum absolute atomic E-state index is 0.103. The van der Waals surface area contributed by atoms with Crippen LogP contribution in [0.5, 0.6) is 0 Å². The summed E-state index contributed by atoms with van der Waals surface area (Å²) in [7, 11) is 1.10. The van der Waals surface area contributed by atoms with Gasteiger partial charge in [-0.2, -0.15) is 13.2 Å². The van der Waals surface area contributed by atoms with Crippen molar-refractivity contribution in [3.05, 3.63) is 23.3 Å². The van der Waals surface area contributed by atoms with Gasteiger partial charge in [0.05, 0.1) is 12.7 Å². The van der Waals surface area contributed by atoms with Crippen molar-refractivity contribution in [2.24, 2.45) is 56.7 Å². The Hall–Kier alpha value is -1.92. The highest BCUT2D eigenvalue weighted by atomic mass is 19.4. The van der Waals surface area contributed by atoms with E-state index in [9.17, 15) is 27.6 Å². The maximum Gasteiger partial charge on any atom is 0.419 e. The second-order valence-corrected chi connectivity index (χ2v) is 14.7. The summed E-state index contributed by atoms with van der Waals surface area (Å²) >= 11 is 0. The smallest absolute Gasteiger partial charge is 0.419 e. The van der Waals surface area contributed by atoms with Crippen LogP contribution in [0.3, 0.4) is 0 Å². The number of ether oxygens (including phenoxy) is 1. The molecule has 0 aliphatic heterocycles. The number of methoxy groups -OCH3 is 1. The number of hydrogen-bond donors (Lipinski definition) is 0. The molecule has 0 amide bonds. The summed E-state index contributed by atoms with van der Waals surface area (Å²) in [5.74, 6) is -2.76. The molecule has 39 heavy (non-hydrogen) atoms. The molecule has 5 aliphatic carbocycles. The number of halogens is 3. The van der Waals surface area contributed by atoms with Crippen molar-refractivity contribution in [3.8, 4) is 0 Å². The van der Waals surface area contributed by atoms with Gasteiger partial charge < -0.3 is 4.74 Å². The van der Waals surface area contributed by atoms with Gasteiger partial charge in [0.15, 0.2) is 11.6 Å². The van der Waals surface area contributed by atoms with Crippen LogP contribution in [0.15, 0.2) is 23.3 Å². The van der Waals surface area contributed by atoms with Gasteiger partial charge in [0.1, 0.15) is 5.41 Å².